The fourth-order valence-corrected chi connectivity index (χ4v) is 5.15. The van der Waals surface area contributed by atoms with Gasteiger partial charge >= 0.3 is 6.03 Å². The molecule has 5 aromatic rings. The second-order valence-corrected chi connectivity index (χ2v) is 12.6. The molecule has 6 rings (SSSR count). The fourth-order valence-electron chi connectivity index (χ4n) is 5.15. The standard InChI is InChI=1S/C37H41N7O4/c1-26-14-15-29(22-31(26)47-25-27-10-6-5-7-11-27)44-33(23-32(42-44)37(2,3)4)40-36(45)39-24-28-12-8-9-13-30(28)48-34-16-17-38-35(41-34)43-18-20-46-21-19-43/h5-17,22-23H,18-21,24-25H2,1-4H3,(H2,39,40,45). The Bertz CT molecular complexity index is 1850. The van der Waals surface area contributed by atoms with Crippen LogP contribution >= 0.6 is 0 Å². The zero-order valence-corrected chi connectivity index (χ0v) is 27.8. The third-order valence-electron chi connectivity index (χ3n) is 7.91. The molecule has 1 fully saturated rings. The summed E-state index contributed by atoms with van der Waals surface area (Å²) in [6.07, 6.45) is 1.68. The van der Waals surface area contributed by atoms with Gasteiger partial charge < -0.3 is 24.4 Å². The molecule has 0 radical (unpaired) electrons. The molecule has 11 heteroatoms. The van der Waals surface area contributed by atoms with Gasteiger partial charge in [0.1, 0.15) is 23.9 Å². The van der Waals surface area contributed by atoms with Crippen LogP contribution in [-0.4, -0.2) is 52.1 Å². The van der Waals surface area contributed by atoms with Crippen molar-refractivity contribution in [3.63, 3.8) is 0 Å². The smallest absolute Gasteiger partial charge is 0.320 e. The van der Waals surface area contributed by atoms with E-state index in [0.29, 0.717) is 43.2 Å². The molecular formula is C37H41N7O4. The van der Waals surface area contributed by atoms with E-state index in [1.807, 2.05) is 85.8 Å². The normalized spacial score (nSPS) is 13.2. The van der Waals surface area contributed by atoms with E-state index in [2.05, 4.69) is 46.3 Å². The van der Waals surface area contributed by atoms with Crippen LogP contribution in [0.15, 0.2) is 91.1 Å². The lowest BCUT2D eigenvalue weighted by Gasteiger charge is -2.26. The van der Waals surface area contributed by atoms with Gasteiger partial charge in [-0.3, -0.25) is 5.32 Å². The summed E-state index contributed by atoms with van der Waals surface area (Å²) >= 11 is 0. The summed E-state index contributed by atoms with van der Waals surface area (Å²) in [4.78, 5) is 24.4. The number of carbonyl (C=O) groups is 1. The van der Waals surface area contributed by atoms with E-state index in [4.69, 9.17) is 19.3 Å². The summed E-state index contributed by atoms with van der Waals surface area (Å²) in [5.74, 6) is 2.90. The van der Waals surface area contributed by atoms with Crippen molar-refractivity contribution >= 4 is 17.8 Å². The van der Waals surface area contributed by atoms with E-state index in [1.165, 1.54) is 0 Å². The van der Waals surface area contributed by atoms with Gasteiger partial charge in [-0.15, -0.1) is 0 Å². The Hall–Kier alpha value is -5.42. The van der Waals surface area contributed by atoms with Crippen molar-refractivity contribution < 1.29 is 19.0 Å². The van der Waals surface area contributed by atoms with E-state index in [-0.39, 0.29) is 18.0 Å². The van der Waals surface area contributed by atoms with Crippen molar-refractivity contribution in [2.24, 2.45) is 0 Å². The van der Waals surface area contributed by atoms with Crippen LogP contribution in [-0.2, 0) is 23.3 Å². The molecule has 11 nitrogen and oxygen atoms in total. The van der Waals surface area contributed by atoms with E-state index in [1.54, 1.807) is 16.9 Å². The van der Waals surface area contributed by atoms with Crippen molar-refractivity contribution in [3.8, 4) is 23.1 Å². The van der Waals surface area contributed by atoms with Crippen molar-refractivity contribution in [2.45, 2.75) is 46.3 Å². The number of nitrogens with one attached hydrogen (secondary N) is 2. The molecule has 2 N–H and O–H groups in total. The van der Waals surface area contributed by atoms with Gasteiger partial charge in [0.15, 0.2) is 0 Å². The van der Waals surface area contributed by atoms with Gasteiger partial charge in [-0.05, 0) is 30.2 Å². The molecule has 0 bridgehead atoms. The molecule has 1 saturated heterocycles. The minimum Gasteiger partial charge on any atom is -0.489 e. The number of urea groups is 1. The average molecular weight is 648 g/mol. The van der Waals surface area contributed by atoms with Crippen LogP contribution in [0.1, 0.15) is 43.2 Å². The number of rotatable bonds is 10. The number of amides is 2. The predicted octanol–water partition coefficient (Wildman–Crippen LogP) is 6.80. The highest BCUT2D eigenvalue weighted by Gasteiger charge is 2.22. The van der Waals surface area contributed by atoms with Crippen molar-refractivity contribution in [3.05, 3.63) is 114 Å². The molecule has 248 valence electrons. The minimum atomic E-state index is -0.379. The molecule has 0 spiro atoms. The first-order valence-corrected chi connectivity index (χ1v) is 16.1. The third-order valence-corrected chi connectivity index (χ3v) is 7.91. The second kappa shape index (κ2) is 14.6. The van der Waals surface area contributed by atoms with Gasteiger partial charge in [0.25, 0.3) is 0 Å². The zero-order chi connectivity index (χ0) is 33.5. The molecule has 1 aliphatic rings. The van der Waals surface area contributed by atoms with Crippen LogP contribution in [0.4, 0.5) is 16.6 Å². The lowest BCUT2D eigenvalue weighted by atomic mass is 9.92. The number of aryl methyl sites for hydroxylation is 1. The molecule has 0 unspecified atom stereocenters. The zero-order valence-electron chi connectivity index (χ0n) is 27.8. The van der Waals surface area contributed by atoms with Gasteiger partial charge in [0.2, 0.25) is 11.8 Å². The highest BCUT2D eigenvalue weighted by atomic mass is 16.5. The van der Waals surface area contributed by atoms with E-state index in [0.717, 1.165) is 46.9 Å². The topological polar surface area (TPSA) is 116 Å². The molecule has 2 amide bonds. The lowest BCUT2D eigenvalue weighted by Crippen LogP contribution is -2.37. The summed E-state index contributed by atoms with van der Waals surface area (Å²) in [7, 11) is 0. The van der Waals surface area contributed by atoms with Crippen molar-refractivity contribution in [2.75, 3.05) is 36.5 Å². The Balaban J connectivity index is 1.16. The maximum Gasteiger partial charge on any atom is 0.320 e. The number of benzene rings is 3. The van der Waals surface area contributed by atoms with Crippen LogP contribution in [0.2, 0.25) is 0 Å². The first-order valence-electron chi connectivity index (χ1n) is 16.1. The number of morpholine rings is 1. The Labute approximate surface area is 280 Å². The predicted molar refractivity (Wildman–Crippen MR) is 185 cm³/mol. The van der Waals surface area contributed by atoms with Gasteiger partial charge in [-0.1, -0.05) is 75.4 Å². The number of ether oxygens (including phenoxy) is 3. The van der Waals surface area contributed by atoms with Gasteiger partial charge in [-0.25, -0.2) is 14.5 Å². The second-order valence-electron chi connectivity index (χ2n) is 12.6. The number of hydrogen-bond donors (Lipinski definition) is 2. The summed E-state index contributed by atoms with van der Waals surface area (Å²) in [5, 5.41) is 10.9. The lowest BCUT2D eigenvalue weighted by molar-refractivity contribution is 0.122. The Morgan fingerprint density at radius 2 is 1.71 bits per heavy atom. The Kier molecular flexibility index (Phi) is 9.86. The summed E-state index contributed by atoms with van der Waals surface area (Å²) in [6.45, 7) is 11.7. The van der Waals surface area contributed by atoms with E-state index in [9.17, 15) is 4.79 Å². The minimum absolute atomic E-state index is 0.228. The molecule has 0 atom stereocenters. The van der Waals surface area contributed by atoms with Crippen molar-refractivity contribution in [1.82, 2.24) is 25.1 Å². The molecule has 0 aliphatic carbocycles. The van der Waals surface area contributed by atoms with Crippen LogP contribution in [0.3, 0.4) is 0 Å². The highest BCUT2D eigenvalue weighted by molar-refractivity contribution is 5.88. The first-order chi connectivity index (χ1) is 23.2. The molecular weight excluding hydrogens is 606 g/mol. The monoisotopic (exact) mass is 647 g/mol. The van der Waals surface area contributed by atoms with Gasteiger partial charge in [0, 0.05) is 55.0 Å². The number of para-hydroxylation sites is 1. The summed E-state index contributed by atoms with van der Waals surface area (Å²) in [6, 6.07) is 26.8. The molecule has 0 saturated carbocycles. The van der Waals surface area contributed by atoms with Gasteiger partial charge in [0.05, 0.1) is 24.6 Å². The van der Waals surface area contributed by atoms with Gasteiger partial charge in [-0.2, -0.15) is 10.1 Å². The van der Waals surface area contributed by atoms with Crippen LogP contribution < -0.4 is 25.0 Å². The number of anilines is 2. The quantitative estimate of drug-likeness (QED) is 0.170. The third kappa shape index (κ3) is 8.10. The summed E-state index contributed by atoms with van der Waals surface area (Å²) in [5.41, 5.74) is 4.25. The number of hydrogen-bond acceptors (Lipinski definition) is 8. The van der Waals surface area contributed by atoms with Crippen LogP contribution in [0.5, 0.6) is 17.4 Å². The maximum atomic E-state index is 13.3. The van der Waals surface area contributed by atoms with Crippen molar-refractivity contribution in [1.29, 1.82) is 0 Å². The average Bonchev–Trinajstić information content (AvgIpc) is 3.53. The van der Waals surface area contributed by atoms with E-state index < -0.39 is 0 Å². The van der Waals surface area contributed by atoms with E-state index >= 15 is 0 Å². The fraction of sp³-hybridized carbons (Fsp3) is 0.297. The maximum absolute atomic E-state index is 13.3. The molecule has 2 aromatic heterocycles. The SMILES string of the molecule is Cc1ccc(-n2nc(C(C)(C)C)cc2NC(=O)NCc2ccccc2Oc2ccnc(N3CCOCC3)n2)cc1OCc1ccccc1. The number of carbonyl (C=O) groups excluding carboxylic acids is 1. The van der Waals surface area contributed by atoms with Crippen LogP contribution in [0, 0.1) is 6.92 Å². The Morgan fingerprint density at radius 3 is 2.50 bits per heavy atom. The molecule has 1 aliphatic heterocycles. The largest absolute Gasteiger partial charge is 0.489 e. The molecule has 3 heterocycles. The molecule has 48 heavy (non-hydrogen) atoms. The number of nitrogens with zero attached hydrogens (tertiary/aromatic N) is 5. The Morgan fingerprint density at radius 1 is 0.938 bits per heavy atom. The van der Waals surface area contributed by atoms with Crippen LogP contribution in [0.25, 0.3) is 5.69 Å². The first kappa shape index (κ1) is 32.5. The summed E-state index contributed by atoms with van der Waals surface area (Å²) < 4.78 is 19.6. The highest BCUT2D eigenvalue weighted by Crippen LogP contribution is 2.30. The molecule has 3 aromatic carbocycles. The number of aromatic nitrogens is 4.